The van der Waals surface area contributed by atoms with Crippen LogP contribution in [0.1, 0.15) is 54.2 Å². The molecule has 0 spiro atoms. The number of hydrogen-bond acceptors (Lipinski definition) is 4. The minimum atomic E-state index is 0.546. The summed E-state index contributed by atoms with van der Waals surface area (Å²) in [5.74, 6) is 2.38. The third kappa shape index (κ3) is 2.41. The van der Waals surface area contributed by atoms with Crippen molar-refractivity contribution in [2.24, 2.45) is 0 Å². The van der Waals surface area contributed by atoms with Crippen molar-refractivity contribution in [1.82, 2.24) is 15.3 Å². The van der Waals surface area contributed by atoms with E-state index >= 15 is 0 Å². The lowest BCUT2D eigenvalue weighted by Gasteiger charge is -2.24. The van der Waals surface area contributed by atoms with Crippen LogP contribution in [0.2, 0.25) is 0 Å². The Bertz CT molecular complexity index is 410. The van der Waals surface area contributed by atoms with Crippen LogP contribution in [0.25, 0.3) is 0 Å². The second-order valence-corrected chi connectivity index (χ2v) is 6.40. The van der Waals surface area contributed by atoms with Crippen LogP contribution in [-0.2, 0) is 19.4 Å². The van der Waals surface area contributed by atoms with Crippen molar-refractivity contribution in [1.29, 1.82) is 0 Å². The maximum absolute atomic E-state index is 4.87. The van der Waals surface area contributed by atoms with Crippen LogP contribution in [0.4, 0.5) is 0 Å². The maximum atomic E-state index is 4.87. The van der Waals surface area contributed by atoms with Crippen molar-refractivity contribution in [3.8, 4) is 0 Å². The Kier molecular flexibility index (Phi) is 3.85. The quantitative estimate of drug-likeness (QED) is 0.890. The first-order valence-corrected chi connectivity index (χ1v) is 8.14. The van der Waals surface area contributed by atoms with Crippen molar-refractivity contribution in [2.45, 2.75) is 50.8 Å². The fourth-order valence-electron chi connectivity index (χ4n) is 2.81. The summed E-state index contributed by atoms with van der Waals surface area (Å²) >= 11 is 2.05. The van der Waals surface area contributed by atoms with Gasteiger partial charge in [-0.05, 0) is 25.0 Å². The first-order valence-electron chi connectivity index (χ1n) is 7.09. The van der Waals surface area contributed by atoms with Crippen molar-refractivity contribution < 1.29 is 0 Å². The second-order valence-electron chi connectivity index (χ2n) is 5.09. The summed E-state index contributed by atoms with van der Waals surface area (Å²) in [5.41, 5.74) is 3.95. The van der Waals surface area contributed by atoms with Crippen LogP contribution in [-0.4, -0.2) is 22.3 Å². The fourth-order valence-corrected chi connectivity index (χ4v) is 4.06. The number of fused-ring (bicyclic) bond motifs is 1. The lowest BCUT2D eigenvalue weighted by molar-refractivity contribution is 0.598. The minimum Gasteiger partial charge on any atom is -0.312 e. The summed E-state index contributed by atoms with van der Waals surface area (Å²) in [6.45, 7) is 4.22. The van der Waals surface area contributed by atoms with Crippen molar-refractivity contribution >= 4 is 11.8 Å². The highest BCUT2D eigenvalue weighted by Gasteiger charge is 2.23. The van der Waals surface area contributed by atoms with E-state index in [2.05, 4.69) is 12.2 Å². The number of aromatic nitrogens is 2. The van der Waals surface area contributed by atoms with E-state index in [-0.39, 0.29) is 0 Å². The molecule has 2 aliphatic heterocycles. The maximum Gasteiger partial charge on any atom is 0.141 e. The summed E-state index contributed by atoms with van der Waals surface area (Å²) < 4.78 is 0. The molecule has 1 atom stereocenters. The minimum absolute atomic E-state index is 0.546. The van der Waals surface area contributed by atoms with E-state index in [1.54, 1.807) is 0 Å². The largest absolute Gasteiger partial charge is 0.312 e. The van der Waals surface area contributed by atoms with Crippen LogP contribution in [0.3, 0.4) is 0 Å². The van der Waals surface area contributed by atoms with Crippen LogP contribution in [0.15, 0.2) is 0 Å². The van der Waals surface area contributed by atoms with Crippen molar-refractivity contribution in [3.05, 3.63) is 22.8 Å². The van der Waals surface area contributed by atoms with Crippen molar-refractivity contribution in [2.75, 3.05) is 12.3 Å². The normalized spacial score (nSPS) is 23.7. The fraction of sp³-hybridized carbons (Fsp3) is 0.714. The van der Waals surface area contributed by atoms with Gasteiger partial charge in [0.2, 0.25) is 0 Å². The Morgan fingerprint density at radius 2 is 2.28 bits per heavy atom. The molecule has 1 aromatic rings. The Hall–Kier alpha value is -0.610. The highest BCUT2D eigenvalue weighted by molar-refractivity contribution is 7.99. The molecular weight excluding hydrogens is 242 g/mol. The van der Waals surface area contributed by atoms with Gasteiger partial charge in [0.1, 0.15) is 5.82 Å². The third-order valence-corrected chi connectivity index (χ3v) is 5.21. The highest BCUT2D eigenvalue weighted by Crippen LogP contribution is 2.37. The zero-order valence-corrected chi connectivity index (χ0v) is 11.9. The van der Waals surface area contributed by atoms with Gasteiger partial charge in [-0.3, -0.25) is 0 Å². The van der Waals surface area contributed by atoms with Gasteiger partial charge in [0.05, 0.1) is 10.9 Å². The summed E-state index contributed by atoms with van der Waals surface area (Å²) in [7, 11) is 0. The Morgan fingerprint density at radius 3 is 3.06 bits per heavy atom. The summed E-state index contributed by atoms with van der Waals surface area (Å²) in [5, 5.41) is 3.98. The molecule has 0 amide bonds. The molecule has 98 valence electrons. The van der Waals surface area contributed by atoms with E-state index in [1.807, 2.05) is 11.8 Å². The number of aryl methyl sites for hydroxylation is 1. The van der Waals surface area contributed by atoms with E-state index in [9.17, 15) is 0 Å². The molecule has 3 nitrogen and oxygen atoms in total. The summed E-state index contributed by atoms with van der Waals surface area (Å²) in [4.78, 5) is 9.73. The molecule has 1 N–H and O–H groups in total. The first kappa shape index (κ1) is 12.4. The molecule has 1 aromatic heterocycles. The number of rotatable bonds is 2. The molecular formula is C14H21N3S. The molecule has 0 aliphatic carbocycles. The van der Waals surface area contributed by atoms with Gasteiger partial charge < -0.3 is 5.32 Å². The molecule has 18 heavy (non-hydrogen) atoms. The summed E-state index contributed by atoms with van der Waals surface area (Å²) in [6.07, 6.45) is 6.04. The van der Waals surface area contributed by atoms with E-state index in [4.69, 9.17) is 9.97 Å². The number of nitrogens with one attached hydrogen (secondary N) is 1. The Morgan fingerprint density at radius 1 is 1.33 bits per heavy atom. The van der Waals surface area contributed by atoms with Crippen LogP contribution in [0, 0.1) is 0 Å². The molecule has 3 heterocycles. The van der Waals surface area contributed by atoms with Gasteiger partial charge >= 0.3 is 0 Å². The lowest BCUT2D eigenvalue weighted by atomic mass is 10.0. The van der Waals surface area contributed by atoms with Gasteiger partial charge in [-0.2, -0.15) is 11.8 Å². The molecule has 0 aromatic carbocycles. The third-order valence-electron chi connectivity index (χ3n) is 3.84. The number of thioether (sulfide) groups is 1. The smallest absolute Gasteiger partial charge is 0.141 e. The second kappa shape index (κ2) is 5.57. The van der Waals surface area contributed by atoms with Gasteiger partial charge in [-0.1, -0.05) is 13.3 Å². The van der Waals surface area contributed by atoms with E-state index in [0.29, 0.717) is 5.25 Å². The topological polar surface area (TPSA) is 37.8 Å². The lowest BCUT2D eigenvalue weighted by Crippen LogP contribution is -2.27. The molecule has 2 aliphatic rings. The predicted molar refractivity (Wildman–Crippen MR) is 75.9 cm³/mol. The molecule has 4 heteroatoms. The van der Waals surface area contributed by atoms with E-state index < -0.39 is 0 Å². The predicted octanol–water partition coefficient (Wildman–Crippen LogP) is 2.64. The number of nitrogens with zero attached hydrogens (tertiary/aromatic N) is 2. The van der Waals surface area contributed by atoms with Crippen LogP contribution >= 0.6 is 11.8 Å². The monoisotopic (exact) mass is 263 g/mol. The number of hydrogen-bond donors (Lipinski definition) is 1. The molecule has 0 bridgehead atoms. The van der Waals surface area contributed by atoms with Gasteiger partial charge in [0, 0.05) is 30.8 Å². The van der Waals surface area contributed by atoms with Gasteiger partial charge in [-0.25, -0.2) is 9.97 Å². The first-order chi connectivity index (χ1) is 8.88. The standard InChI is InChI=1S/C14H21N3S/c1-2-11-10-9-15-7-6-12(10)17-14(16-11)13-5-3-4-8-18-13/h13,15H,2-9H2,1H3. The summed E-state index contributed by atoms with van der Waals surface area (Å²) in [6, 6.07) is 0. The SMILES string of the molecule is CCc1nc(C2CCCCS2)nc2c1CNCC2. The van der Waals surface area contributed by atoms with Crippen LogP contribution < -0.4 is 5.32 Å². The van der Waals surface area contributed by atoms with Gasteiger partial charge in [-0.15, -0.1) is 0 Å². The Balaban J connectivity index is 1.94. The average Bonchev–Trinajstić information content (AvgIpc) is 2.47. The van der Waals surface area contributed by atoms with Gasteiger partial charge in [0.25, 0.3) is 0 Å². The molecule has 3 rings (SSSR count). The highest BCUT2D eigenvalue weighted by atomic mass is 32.2. The zero-order valence-electron chi connectivity index (χ0n) is 11.0. The molecule has 0 radical (unpaired) electrons. The van der Waals surface area contributed by atoms with E-state index in [1.165, 1.54) is 42.0 Å². The molecule has 1 fully saturated rings. The molecule has 0 saturated carbocycles. The van der Waals surface area contributed by atoms with Crippen molar-refractivity contribution in [3.63, 3.8) is 0 Å². The van der Waals surface area contributed by atoms with E-state index in [0.717, 1.165) is 31.8 Å². The Labute approximate surface area is 113 Å². The van der Waals surface area contributed by atoms with Crippen LogP contribution in [0.5, 0.6) is 0 Å². The molecule has 1 saturated heterocycles. The van der Waals surface area contributed by atoms with Gasteiger partial charge in [0.15, 0.2) is 0 Å². The average molecular weight is 263 g/mol. The zero-order chi connectivity index (χ0) is 12.4. The molecule has 1 unspecified atom stereocenters.